The largest absolute Gasteiger partial charge is 0.344 e. The number of nitrogens with zero attached hydrogens (tertiary/aromatic N) is 4. The molecule has 1 N–H and O–H groups in total. The zero-order valence-corrected chi connectivity index (χ0v) is 12.9. The third-order valence-electron chi connectivity index (χ3n) is 3.68. The minimum atomic E-state index is -0.113. The molecule has 6 nitrogen and oxygen atoms in total. The number of hydrogen-bond acceptors (Lipinski definition) is 3. The first kappa shape index (κ1) is 14.3. The Morgan fingerprint density at radius 3 is 2.35 bits per heavy atom. The van der Waals surface area contributed by atoms with Gasteiger partial charge in [-0.3, -0.25) is 9.48 Å². The maximum atomic E-state index is 12.4. The maximum Gasteiger partial charge on any atom is 0.270 e. The van der Waals surface area contributed by atoms with Crippen LogP contribution >= 0.6 is 0 Å². The highest BCUT2D eigenvalue weighted by Gasteiger charge is 2.21. The van der Waals surface area contributed by atoms with Gasteiger partial charge in [0, 0.05) is 25.4 Å². The third kappa shape index (κ3) is 2.33. The second kappa shape index (κ2) is 5.11. The molecule has 20 heavy (non-hydrogen) atoms. The lowest BCUT2D eigenvalue weighted by atomic mass is 10.1. The van der Waals surface area contributed by atoms with E-state index >= 15 is 0 Å². The minimum absolute atomic E-state index is 0.0921. The van der Waals surface area contributed by atoms with Gasteiger partial charge in [-0.2, -0.15) is 5.10 Å². The van der Waals surface area contributed by atoms with Crippen molar-refractivity contribution in [2.75, 3.05) is 0 Å². The summed E-state index contributed by atoms with van der Waals surface area (Å²) in [4.78, 5) is 16.5. The fourth-order valence-electron chi connectivity index (χ4n) is 2.63. The zero-order valence-electron chi connectivity index (χ0n) is 12.9. The highest BCUT2D eigenvalue weighted by Crippen LogP contribution is 2.21. The number of nitrogens with one attached hydrogen (secondary N) is 1. The van der Waals surface area contributed by atoms with E-state index in [1.165, 1.54) is 0 Å². The van der Waals surface area contributed by atoms with Crippen molar-refractivity contribution < 1.29 is 4.79 Å². The van der Waals surface area contributed by atoms with Crippen molar-refractivity contribution in [3.05, 3.63) is 34.7 Å². The molecule has 0 saturated heterocycles. The molecule has 0 aliphatic heterocycles. The van der Waals surface area contributed by atoms with Crippen molar-refractivity contribution in [3.8, 4) is 0 Å². The quantitative estimate of drug-likeness (QED) is 0.924. The Labute approximate surface area is 118 Å². The van der Waals surface area contributed by atoms with Crippen LogP contribution in [0.3, 0.4) is 0 Å². The SMILES string of the molecule is Cc1nn(C)c(C)c1[C@@H](C)NC(=O)c1c(C)ncn1C. The van der Waals surface area contributed by atoms with Crippen LogP contribution in [-0.2, 0) is 14.1 Å². The molecule has 2 aromatic rings. The molecule has 0 fully saturated rings. The summed E-state index contributed by atoms with van der Waals surface area (Å²) in [6, 6.07) is -0.0921. The second-order valence-electron chi connectivity index (χ2n) is 5.19. The number of hydrogen-bond donors (Lipinski definition) is 1. The van der Waals surface area contributed by atoms with Gasteiger partial charge < -0.3 is 9.88 Å². The summed E-state index contributed by atoms with van der Waals surface area (Å²) in [7, 11) is 3.73. The van der Waals surface area contributed by atoms with Gasteiger partial charge >= 0.3 is 0 Å². The number of rotatable bonds is 3. The van der Waals surface area contributed by atoms with E-state index in [1.54, 1.807) is 10.9 Å². The monoisotopic (exact) mass is 275 g/mol. The van der Waals surface area contributed by atoms with Gasteiger partial charge in [-0.1, -0.05) is 0 Å². The molecule has 2 rings (SSSR count). The molecule has 1 atom stereocenters. The molecule has 6 heteroatoms. The Kier molecular flexibility index (Phi) is 3.65. The lowest BCUT2D eigenvalue weighted by Gasteiger charge is -2.15. The summed E-state index contributed by atoms with van der Waals surface area (Å²) in [5, 5.41) is 7.41. The van der Waals surface area contributed by atoms with E-state index < -0.39 is 0 Å². The van der Waals surface area contributed by atoms with Crippen molar-refractivity contribution in [1.29, 1.82) is 0 Å². The molecule has 0 aliphatic rings. The van der Waals surface area contributed by atoms with E-state index in [0.717, 1.165) is 22.6 Å². The summed E-state index contributed by atoms with van der Waals surface area (Å²) < 4.78 is 3.57. The molecule has 0 spiro atoms. The van der Waals surface area contributed by atoms with Gasteiger partial charge in [0.25, 0.3) is 5.91 Å². The zero-order chi connectivity index (χ0) is 15.0. The standard InChI is InChI=1S/C14H21N5O/c1-8(12-9(2)17-19(6)11(12)4)16-14(20)13-10(3)15-7-18(13)5/h7-8H,1-6H3,(H,16,20)/t8-/m1/s1. The molecular weight excluding hydrogens is 254 g/mol. The van der Waals surface area contributed by atoms with Crippen LogP contribution in [0.2, 0.25) is 0 Å². The molecule has 0 bridgehead atoms. The molecule has 0 saturated carbocycles. The Hall–Kier alpha value is -2.11. The van der Waals surface area contributed by atoms with Crippen LogP contribution in [0.4, 0.5) is 0 Å². The van der Waals surface area contributed by atoms with Gasteiger partial charge in [0.05, 0.1) is 23.8 Å². The van der Waals surface area contributed by atoms with E-state index in [2.05, 4.69) is 15.4 Å². The Morgan fingerprint density at radius 1 is 1.25 bits per heavy atom. The Bertz CT molecular complexity index is 633. The van der Waals surface area contributed by atoms with E-state index in [9.17, 15) is 4.79 Å². The number of aromatic nitrogens is 4. The van der Waals surface area contributed by atoms with Crippen molar-refractivity contribution in [2.24, 2.45) is 14.1 Å². The van der Waals surface area contributed by atoms with Crippen LogP contribution in [0.15, 0.2) is 6.33 Å². The lowest BCUT2D eigenvalue weighted by Crippen LogP contribution is -2.29. The molecule has 0 unspecified atom stereocenters. The van der Waals surface area contributed by atoms with Crippen LogP contribution in [-0.4, -0.2) is 25.2 Å². The maximum absolute atomic E-state index is 12.4. The highest BCUT2D eigenvalue weighted by atomic mass is 16.2. The lowest BCUT2D eigenvalue weighted by molar-refractivity contribution is 0.0931. The molecule has 1 amide bonds. The van der Waals surface area contributed by atoms with Crippen LogP contribution in [0.5, 0.6) is 0 Å². The molecule has 108 valence electrons. The number of imidazole rings is 1. The topological polar surface area (TPSA) is 64.7 Å². The Morgan fingerprint density at radius 2 is 1.90 bits per heavy atom. The number of amides is 1. The predicted molar refractivity (Wildman–Crippen MR) is 76.5 cm³/mol. The number of aryl methyl sites for hydroxylation is 4. The molecule has 2 heterocycles. The van der Waals surface area contributed by atoms with Crippen molar-refractivity contribution in [2.45, 2.75) is 33.7 Å². The fraction of sp³-hybridized carbons (Fsp3) is 0.500. The summed E-state index contributed by atoms with van der Waals surface area (Å²) >= 11 is 0. The van der Waals surface area contributed by atoms with Gasteiger partial charge in [-0.05, 0) is 27.7 Å². The van der Waals surface area contributed by atoms with Gasteiger partial charge in [0.2, 0.25) is 0 Å². The summed E-state index contributed by atoms with van der Waals surface area (Å²) in [6.07, 6.45) is 1.65. The molecule has 0 radical (unpaired) electrons. The third-order valence-corrected chi connectivity index (χ3v) is 3.68. The van der Waals surface area contributed by atoms with Gasteiger partial charge in [-0.25, -0.2) is 4.98 Å². The van der Waals surface area contributed by atoms with E-state index in [0.29, 0.717) is 5.69 Å². The van der Waals surface area contributed by atoms with Gasteiger partial charge in [0.15, 0.2) is 0 Å². The first-order chi connectivity index (χ1) is 9.32. The van der Waals surface area contributed by atoms with Crippen molar-refractivity contribution in [3.63, 3.8) is 0 Å². The average Bonchev–Trinajstić information content (AvgIpc) is 2.80. The summed E-state index contributed by atoms with van der Waals surface area (Å²) in [5.41, 5.74) is 4.41. The Balaban J connectivity index is 2.24. The van der Waals surface area contributed by atoms with Crippen molar-refractivity contribution >= 4 is 5.91 Å². The van der Waals surface area contributed by atoms with Crippen LogP contribution in [0.1, 0.15) is 46.1 Å². The fourth-order valence-corrected chi connectivity index (χ4v) is 2.63. The van der Waals surface area contributed by atoms with Crippen LogP contribution in [0.25, 0.3) is 0 Å². The molecule has 2 aromatic heterocycles. The van der Waals surface area contributed by atoms with E-state index in [1.807, 2.05) is 46.5 Å². The molecule has 0 aromatic carbocycles. The predicted octanol–water partition coefficient (Wildman–Crippen LogP) is 1.57. The van der Waals surface area contributed by atoms with E-state index in [-0.39, 0.29) is 11.9 Å². The normalized spacial score (nSPS) is 12.5. The number of carbonyl (C=O) groups excluding carboxylic acids is 1. The average molecular weight is 275 g/mol. The second-order valence-corrected chi connectivity index (χ2v) is 5.19. The van der Waals surface area contributed by atoms with Crippen LogP contribution < -0.4 is 5.32 Å². The highest BCUT2D eigenvalue weighted by molar-refractivity contribution is 5.93. The van der Waals surface area contributed by atoms with E-state index in [4.69, 9.17) is 0 Å². The minimum Gasteiger partial charge on any atom is -0.344 e. The summed E-state index contributed by atoms with van der Waals surface area (Å²) in [5.74, 6) is -0.113. The van der Waals surface area contributed by atoms with Crippen LogP contribution in [0, 0.1) is 20.8 Å². The molecular formula is C14H21N5O. The first-order valence-corrected chi connectivity index (χ1v) is 6.61. The smallest absolute Gasteiger partial charge is 0.270 e. The summed E-state index contributed by atoms with van der Waals surface area (Å²) in [6.45, 7) is 7.77. The van der Waals surface area contributed by atoms with Gasteiger partial charge in [0.1, 0.15) is 5.69 Å². The number of carbonyl (C=O) groups is 1. The molecule has 0 aliphatic carbocycles. The van der Waals surface area contributed by atoms with Gasteiger partial charge in [-0.15, -0.1) is 0 Å². The van der Waals surface area contributed by atoms with Crippen molar-refractivity contribution in [1.82, 2.24) is 24.6 Å². The first-order valence-electron chi connectivity index (χ1n) is 6.61.